The van der Waals surface area contributed by atoms with E-state index in [9.17, 15) is 0 Å². The van der Waals surface area contributed by atoms with Crippen LogP contribution in [0, 0.1) is 5.92 Å². The molecule has 1 rings (SSSR count). The summed E-state index contributed by atoms with van der Waals surface area (Å²) in [6.45, 7) is 4.84. The molecule has 1 nitrogen and oxygen atoms in total. The molecule has 1 atom stereocenters. The van der Waals surface area contributed by atoms with Crippen molar-refractivity contribution >= 4 is 11.6 Å². The van der Waals surface area contributed by atoms with Crippen molar-refractivity contribution in [3.8, 4) is 0 Å². The summed E-state index contributed by atoms with van der Waals surface area (Å²) < 4.78 is 4.92. The predicted octanol–water partition coefficient (Wildman–Crippen LogP) is 1.61. The molecule has 1 heterocycles. The van der Waals surface area contributed by atoms with Crippen LogP contribution in [0.15, 0.2) is 0 Å². The third-order valence-corrected chi connectivity index (χ3v) is 1.94. The molecule has 0 aliphatic carbocycles. The van der Waals surface area contributed by atoms with Gasteiger partial charge in [0.1, 0.15) is 0 Å². The molecule has 0 aromatic heterocycles. The Kier molecular flexibility index (Phi) is 1.05. The van der Waals surface area contributed by atoms with E-state index in [4.69, 9.17) is 16.3 Å². The van der Waals surface area contributed by atoms with Crippen LogP contribution in [-0.4, -0.2) is 11.7 Å². The standard InChI is InChI=1S/C5H9ClO/c1-4(2)5(6)3-7-5/h4H,3H2,1-2H3. The zero-order chi connectivity index (χ0) is 5.49. The zero-order valence-corrected chi connectivity index (χ0v) is 5.33. The average Bonchev–Trinajstić information content (AvgIpc) is 2.21. The van der Waals surface area contributed by atoms with E-state index in [1.165, 1.54) is 0 Å². The van der Waals surface area contributed by atoms with Crippen LogP contribution < -0.4 is 0 Å². The topological polar surface area (TPSA) is 12.5 Å². The Morgan fingerprint density at radius 3 is 2.14 bits per heavy atom. The number of ether oxygens (including phenoxy) is 1. The molecule has 0 aromatic rings. The second-order valence-electron chi connectivity index (χ2n) is 2.23. The fraction of sp³-hybridized carbons (Fsp3) is 1.00. The fourth-order valence-corrected chi connectivity index (χ4v) is 0.457. The Hall–Kier alpha value is 0.250. The molecule has 1 aliphatic heterocycles. The summed E-state index contributed by atoms with van der Waals surface area (Å²) in [5.41, 5.74) is 0. The predicted molar refractivity (Wildman–Crippen MR) is 29.4 cm³/mol. The average molecular weight is 121 g/mol. The molecule has 7 heavy (non-hydrogen) atoms. The highest BCUT2D eigenvalue weighted by atomic mass is 35.5. The van der Waals surface area contributed by atoms with Crippen molar-refractivity contribution in [1.29, 1.82) is 0 Å². The lowest BCUT2D eigenvalue weighted by Crippen LogP contribution is -2.08. The summed E-state index contributed by atoms with van der Waals surface area (Å²) in [5, 5.41) is -0.278. The van der Waals surface area contributed by atoms with Gasteiger partial charge in [0, 0.05) is 0 Å². The van der Waals surface area contributed by atoms with Gasteiger partial charge < -0.3 is 4.74 Å². The van der Waals surface area contributed by atoms with Crippen LogP contribution in [0.5, 0.6) is 0 Å². The van der Waals surface area contributed by atoms with Crippen molar-refractivity contribution in [2.24, 2.45) is 5.92 Å². The molecule has 42 valence electrons. The van der Waals surface area contributed by atoms with E-state index in [0.717, 1.165) is 6.61 Å². The molecule has 1 fully saturated rings. The van der Waals surface area contributed by atoms with Gasteiger partial charge in [-0.3, -0.25) is 0 Å². The van der Waals surface area contributed by atoms with Gasteiger partial charge in [0.05, 0.1) is 6.61 Å². The van der Waals surface area contributed by atoms with E-state index in [0.29, 0.717) is 5.92 Å². The van der Waals surface area contributed by atoms with Gasteiger partial charge in [-0.05, 0) is 5.92 Å². The van der Waals surface area contributed by atoms with Gasteiger partial charge in [-0.1, -0.05) is 25.4 Å². The van der Waals surface area contributed by atoms with Gasteiger partial charge >= 0.3 is 0 Å². The van der Waals surface area contributed by atoms with Gasteiger partial charge in [0.25, 0.3) is 0 Å². The molecule has 1 aliphatic rings. The van der Waals surface area contributed by atoms with Crippen molar-refractivity contribution in [3.63, 3.8) is 0 Å². The quantitative estimate of drug-likeness (QED) is 0.378. The van der Waals surface area contributed by atoms with Crippen molar-refractivity contribution in [1.82, 2.24) is 0 Å². The highest BCUT2D eigenvalue weighted by Crippen LogP contribution is 2.38. The molecule has 0 aromatic carbocycles. The number of halogens is 1. The summed E-state index contributed by atoms with van der Waals surface area (Å²) in [4.78, 5) is 0. The molecular weight excluding hydrogens is 112 g/mol. The van der Waals surface area contributed by atoms with Gasteiger partial charge in [0.2, 0.25) is 0 Å². The number of epoxide rings is 1. The normalized spacial score (nSPS) is 39.4. The maximum Gasteiger partial charge on any atom is 0.167 e. The first-order valence-corrected chi connectivity index (χ1v) is 2.86. The van der Waals surface area contributed by atoms with Crippen LogP contribution in [-0.2, 0) is 4.74 Å². The Labute approximate surface area is 48.6 Å². The van der Waals surface area contributed by atoms with Crippen LogP contribution in [0.1, 0.15) is 13.8 Å². The van der Waals surface area contributed by atoms with Gasteiger partial charge in [-0.15, -0.1) is 0 Å². The molecule has 0 radical (unpaired) electrons. The van der Waals surface area contributed by atoms with Crippen LogP contribution in [0.3, 0.4) is 0 Å². The maximum absolute atomic E-state index is 5.76. The first-order valence-electron chi connectivity index (χ1n) is 2.48. The Balaban J connectivity index is 2.39. The van der Waals surface area contributed by atoms with E-state index < -0.39 is 0 Å². The van der Waals surface area contributed by atoms with E-state index >= 15 is 0 Å². The molecule has 1 unspecified atom stereocenters. The summed E-state index contributed by atoms with van der Waals surface area (Å²) in [5.74, 6) is 0.453. The molecule has 0 saturated carbocycles. The highest BCUT2D eigenvalue weighted by molar-refractivity contribution is 6.24. The monoisotopic (exact) mass is 120 g/mol. The second-order valence-corrected chi connectivity index (χ2v) is 2.87. The summed E-state index contributed by atoms with van der Waals surface area (Å²) in [7, 11) is 0. The highest BCUT2D eigenvalue weighted by Gasteiger charge is 2.45. The van der Waals surface area contributed by atoms with Crippen LogP contribution in [0.2, 0.25) is 0 Å². The smallest absolute Gasteiger partial charge is 0.167 e. The molecule has 1 saturated heterocycles. The molecule has 0 N–H and O–H groups in total. The molecular formula is C5H9ClO. The third kappa shape index (κ3) is 0.892. The lowest BCUT2D eigenvalue weighted by molar-refractivity contribution is 0.321. The van der Waals surface area contributed by atoms with Gasteiger partial charge in [0.15, 0.2) is 5.06 Å². The number of hydrogen-bond donors (Lipinski definition) is 0. The Bertz CT molecular complexity index is 76.1. The SMILES string of the molecule is CC(C)C1(Cl)CO1. The molecule has 0 spiro atoms. The Morgan fingerprint density at radius 1 is 1.71 bits per heavy atom. The lowest BCUT2D eigenvalue weighted by atomic mass is 10.1. The van der Waals surface area contributed by atoms with Crippen molar-refractivity contribution in [2.75, 3.05) is 6.61 Å². The Morgan fingerprint density at radius 2 is 2.14 bits per heavy atom. The van der Waals surface area contributed by atoms with Crippen LogP contribution >= 0.6 is 11.6 Å². The fourth-order valence-electron chi connectivity index (χ4n) is 0.402. The number of hydrogen-bond acceptors (Lipinski definition) is 1. The zero-order valence-electron chi connectivity index (χ0n) is 4.57. The minimum absolute atomic E-state index is 0.278. The third-order valence-electron chi connectivity index (χ3n) is 1.28. The molecule has 2 heteroatoms. The number of alkyl halides is 1. The summed E-state index contributed by atoms with van der Waals surface area (Å²) in [6, 6.07) is 0. The molecule has 0 bridgehead atoms. The minimum atomic E-state index is -0.278. The van der Waals surface area contributed by atoms with Crippen LogP contribution in [0.25, 0.3) is 0 Å². The molecule has 0 amide bonds. The van der Waals surface area contributed by atoms with E-state index in [2.05, 4.69) is 13.8 Å². The van der Waals surface area contributed by atoms with Crippen molar-refractivity contribution in [3.05, 3.63) is 0 Å². The second kappa shape index (κ2) is 1.36. The van der Waals surface area contributed by atoms with E-state index in [-0.39, 0.29) is 5.06 Å². The first-order chi connectivity index (χ1) is 3.15. The minimum Gasteiger partial charge on any atom is -0.353 e. The largest absolute Gasteiger partial charge is 0.353 e. The van der Waals surface area contributed by atoms with Gasteiger partial charge in [-0.25, -0.2) is 0 Å². The summed E-state index contributed by atoms with van der Waals surface area (Å²) >= 11 is 5.76. The van der Waals surface area contributed by atoms with E-state index in [1.807, 2.05) is 0 Å². The first kappa shape index (κ1) is 5.39. The van der Waals surface area contributed by atoms with Crippen LogP contribution in [0.4, 0.5) is 0 Å². The maximum atomic E-state index is 5.76. The summed E-state index contributed by atoms with van der Waals surface area (Å²) in [6.07, 6.45) is 0. The number of rotatable bonds is 1. The van der Waals surface area contributed by atoms with Crippen molar-refractivity contribution < 1.29 is 4.74 Å². The lowest BCUT2D eigenvalue weighted by Gasteiger charge is -2.03. The van der Waals surface area contributed by atoms with Crippen molar-refractivity contribution in [2.45, 2.75) is 18.9 Å². The van der Waals surface area contributed by atoms with Gasteiger partial charge in [-0.2, -0.15) is 0 Å². The van der Waals surface area contributed by atoms with E-state index in [1.54, 1.807) is 0 Å².